The van der Waals surface area contributed by atoms with E-state index in [1.54, 1.807) is 30.3 Å². The molecule has 3 aromatic rings. The van der Waals surface area contributed by atoms with Gasteiger partial charge in [-0.05, 0) is 71.0 Å². The van der Waals surface area contributed by atoms with E-state index in [9.17, 15) is 9.59 Å². The van der Waals surface area contributed by atoms with Crippen molar-refractivity contribution in [2.75, 3.05) is 18.4 Å². The summed E-state index contributed by atoms with van der Waals surface area (Å²) in [5.74, 6) is 0.629. The zero-order valence-electron chi connectivity index (χ0n) is 20.2. The third-order valence-electron chi connectivity index (χ3n) is 5.79. The molecule has 0 atom stereocenters. The zero-order chi connectivity index (χ0) is 25.0. The molecule has 8 nitrogen and oxygen atoms in total. The number of piperidine rings is 1. The summed E-state index contributed by atoms with van der Waals surface area (Å²) in [6.07, 6.45) is 1.41. The number of nitrogens with one attached hydrogen (secondary N) is 2. The lowest BCUT2D eigenvalue weighted by Gasteiger charge is -2.30. The maximum atomic E-state index is 13.0. The first-order valence-electron chi connectivity index (χ1n) is 11.7. The molecule has 0 spiro atoms. The summed E-state index contributed by atoms with van der Waals surface area (Å²) in [5.41, 5.74) is 1.43. The van der Waals surface area contributed by atoms with E-state index in [2.05, 4.69) is 25.7 Å². The molecule has 9 heteroatoms. The number of amides is 2. The molecule has 1 fully saturated rings. The van der Waals surface area contributed by atoms with Gasteiger partial charge in [-0.2, -0.15) is 4.98 Å². The maximum absolute atomic E-state index is 13.0. The number of halogens is 1. The molecule has 1 saturated heterocycles. The van der Waals surface area contributed by atoms with Crippen LogP contribution in [0.25, 0.3) is 11.4 Å². The molecule has 2 aromatic carbocycles. The van der Waals surface area contributed by atoms with E-state index in [0.717, 1.165) is 18.7 Å². The first-order chi connectivity index (χ1) is 16.7. The first kappa shape index (κ1) is 24.9. The van der Waals surface area contributed by atoms with Crippen molar-refractivity contribution in [1.29, 1.82) is 0 Å². The van der Waals surface area contributed by atoms with Crippen LogP contribution in [0.15, 0.2) is 53.1 Å². The second-order valence-electron chi connectivity index (χ2n) is 9.81. The molecule has 1 aliphatic rings. The van der Waals surface area contributed by atoms with Crippen LogP contribution in [0.4, 0.5) is 5.69 Å². The van der Waals surface area contributed by atoms with Crippen LogP contribution < -0.4 is 10.6 Å². The van der Waals surface area contributed by atoms with Crippen LogP contribution in [0.3, 0.4) is 0 Å². The lowest BCUT2D eigenvalue weighted by Crippen LogP contribution is -2.41. The fourth-order valence-electron chi connectivity index (χ4n) is 4.04. The predicted octanol–water partition coefficient (Wildman–Crippen LogP) is 4.77. The molecule has 2 heterocycles. The van der Waals surface area contributed by atoms with Crippen molar-refractivity contribution in [3.63, 3.8) is 0 Å². The van der Waals surface area contributed by atoms with Gasteiger partial charge in [0.05, 0.1) is 17.8 Å². The van der Waals surface area contributed by atoms with E-state index in [0.29, 0.717) is 47.4 Å². The van der Waals surface area contributed by atoms with Crippen molar-refractivity contribution >= 4 is 29.1 Å². The molecule has 184 valence electrons. The van der Waals surface area contributed by atoms with Crippen molar-refractivity contribution in [1.82, 2.24) is 20.4 Å². The quantitative estimate of drug-likeness (QED) is 0.511. The Morgan fingerprint density at radius 1 is 1.11 bits per heavy atom. The van der Waals surface area contributed by atoms with E-state index < -0.39 is 0 Å². The topological polar surface area (TPSA) is 100 Å². The Balaban J connectivity index is 1.31. The van der Waals surface area contributed by atoms with Crippen LogP contribution in [0.2, 0.25) is 5.02 Å². The minimum Gasteiger partial charge on any atom is -0.347 e. The second kappa shape index (κ2) is 10.6. The molecule has 35 heavy (non-hydrogen) atoms. The van der Waals surface area contributed by atoms with Crippen molar-refractivity contribution in [3.8, 4) is 11.4 Å². The van der Waals surface area contributed by atoms with Gasteiger partial charge in [0.15, 0.2) is 0 Å². The van der Waals surface area contributed by atoms with Gasteiger partial charge in [0, 0.05) is 22.0 Å². The summed E-state index contributed by atoms with van der Waals surface area (Å²) in [6, 6.07) is 14.4. The molecule has 4 rings (SSSR count). The number of likely N-dealkylation sites (tertiary alicyclic amines) is 1. The number of rotatable bonds is 6. The Bertz CT molecular complexity index is 1200. The highest BCUT2D eigenvalue weighted by atomic mass is 35.5. The van der Waals surface area contributed by atoms with Gasteiger partial charge in [0.25, 0.3) is 5.91 Å². The molecule has 1 aliphatic heterocycles. The van der Waals surface area contributed by atoms with Crippen LogP contribution in [0.5, 0.6) is 0 Å². The summed E-state index contributed by atoms with van der Waals surface area (Å²) in [7, 11) is 0. The van der Waals surface area contributed by atoms with Gasteiger partial charge in [-0.3, -0.25) is 14.5 Å². The van der Waals surface area contributed by atoms with E-state index >= 15 is 0 Å². The molecule has 0 bridgehead atoms. The monoisotopic (exact) mass is 495 g/mol. The number of carbonyl (C=O) groups is 2. The number of para-hydroxylation sites is 1. The fourth-order valence-corrected chi connectivity index (χ4v) is 4.23. The molecule has 0 unspecified atom stereocenters. The Morgan fingerprint density at radius 2 is 1.86 bits per heavy atom. The first-order valence-corrected chi connectivity index (χ1v) is 12.1. The minimum absolute atomic E-state index is 0.0679. The molecule has 0 radical (unpaired) electrons. The van der Waals surface area contributed by atoms with E-state index in [-0.39, 0.29) is 23.3 Å². The van der Waals surface area contributed by atoms with Crippen LogP contribution in [0.1, 0.15) is 49.9 Å². The van der Waals surface area contributed by atoms with Crippen LogP contribution >= 0.6 is 11.6 Å². The SMILES string of the molecule is CC(C)(C)NC(=O)c1ccccc1NC(=O)C1CCN(Cc2nc(-c3cccc(Cl)c3)no2)CC1. The van der Waals surface area contributed by atoms with Crippen molar-refractivity contribution < 1.29 is 14.1 Å². The predicted molar refractivity (Wildman–Crippen MR) is 135 cm³/mol. The molecule has 0 aliphatic carbocycles. The molecular weight excluding hydrogens is 466 g/mol. The summed E-state index contributed by atoms with van der Waals surface area (Å²) >= 11 is 6.05. The lowest BCUT2D eigenvalue weighted by atomic mass is 9.95. The highest BCUT2D eigenvalue weighted by Crippen LogP contribution is 2.24. The van der Waals surface area contributed by atoms with Crippen LogP contribution in [-0.2, 0) is 11.3 Å². The second-order valence-corrected chi connectivity index (χ2v) is 10.2. The van der Waals surface area contributed by atoms with Gasteiger partial charge >= 0.3 is 0 Å². The lowest BCUT2D eigenvalue weighted by molar-refractivity contribution is -0.121. The van der Waals surface area contributed by atoms with E-state index in [1.165, 1.54) is 0 Å². The minimum atomic E-state index is -0.367. The Morgan fingerprint density at radius 3 is 2.57 bits per heavy atom. The summed E-state index contributed by atoms with van der Waals surface area (Å²) < 4.78 is 5.42. The standard InChI is InChI=1S/C26H30ClN5O3/c1-26(2,3)30-25(34)20-9-4-5-10-21(20)28-24(33)17-11-13-32(14-12-17)16-22-29-23(31-35-22)18-7-6-8-19(27)15-18/h4-10,15,17H,11-14,16H2,1-3H3,(H,28,33)(H,30,34). The third kappa shape index (κ3) is 6.68. The molecule has 1 aromatic heterocycles. The van der Waals surface area contributed by atoms with Gasteiger partial charge in [-0.1, -0.05) is 41.0 Å². The highest BCUT2D eigenvalue weighted by Gasteiger charge is 2.27. The van der Waals surface area contributed by atoms with Crippen molar-refractivity contribution in [2.24, 2.45) is 5.92 Å². The van der Waals surface area contributed by atoms with Gasteiger partial charge in [0.1, 0.15) is 0 Å². The highest BCUT2D eigenvalue weighted by molar-refractivity contribution is 6.30. The van der Waals surface area contributed by atoms with Gasteiger partial charge in [-0.25, -0.2) is 0 Å². The molecular formula is C26H30ClN5O3. The van der Waals surface area contributed by atoms with Gasteiger partial charge in [0.2, 0.25) is 17.6 Å². The normalized spacial score (nSPS) is 15.1. The fraction of sp³-hybridized carbons (Fsp3) is 0.385. The number of aromatic nitrogens is 2. The average molecular weight is 496 g/mol. The Labute approximate surface area is 210 Å². The van der Waals surface area contributed by atoms with E-state index in [1.807, 2.05) is 39.0 Å². The summed E-state index contributed by atoms with van der Waals surface area (Å²) in [4.78, 5) is 32.3. The number of hydrogen-bond acceptors (Lipinski definition) is 6. The Kier molecular flexibility index (Phi) is 7.52. The van der Waals surface area contributed by atoms with Crippen molar-refractivity contribution in [2.45, 2.75) is 45.7 Å². The number of anilines is 1. The Hall–Kier alpha value is -3.23. The summed E-state index contributed by atoms with van der Waals surface area (Å²) in [6.45, 7) is 7.76. The largest absolute Gasteiger partial charge is 0.347 e. The van der Waals surface area contributed by atoms with E-state index in [4.69, 9.17) is 16.1 Å². The van der Waals surface area contributed by atoms with Gasteiger partial charge in [-0.15, -0.1) is 0 Å². The molecule has 0 saturated carbocycles. The maximum Gasteiger partial charge on any atom is 0.253 e. The average Bonchev–Trinajstić information content (AvgIpc) is 3.27. The number of nitrogens with zero attached hydrogens (tertiary/aromatic N) is 3. The number of benzene rings is 2. The number of hydrogen-bond donors (Lipinski definition) is 2. The molecule has 2 amide bonds. The third-order valence-corrected chi connectivity index (χ3v) is 6.02. The van der Waals surface area contributed by atoms with Crippen LogP contribution in [-0.4, -0.2) is 45.5 Å². The zero-order valence-corrected chi connectivity index (χ0v) is 20.9. The van der Waals surface area contributed by atoms with Gasteiger partial charge < -0.3 is 15.2 Å². The molecule has 2 N–H and O–H groups in total. The summed E-state index contributed by atoms with van der Waals surface area (Å²) in [5, 5.41) is 10.6. The number of carbonyl (C=O) groups excluding carboxylic acids is 2. The van der Waals surface area contributed by atoms with Crippen molar-refractivity contribution in [3.05, 3.63) is 65.0 Å². The smallest absolute Gasteiger partial charge is 0.253 e. The van der Waals surface area contributed by atoms with Crippen LogP contribution in [0, 0.1) is 5.92 Å².